The highest BCUT2D eigenvalue weighted by Crippen LogP contribution is 2.29. The van der Waals surface area contributed by atoms with Crippen LogP contribution in [-0.2, 0) is 9.59 Å². The van der Waals surface area contributed by atoms with E-state index in [1.807, 2.05) is 11.1 Å². The maximum atomic E-state index is 13.3. The number of benzene rings is 1. The number of aromatic nitrogens is 1. The number of hydrazine groups is 1. The van der Waals surface area contributed by atoms with Gasteiger partial charge in [0.2, 0.25) is 11.8 Å². The maximum Gasteiger partial charge on any atom is 0.224 e. The fraction of sp³-hybridized carbons (Fsp3) is 0.458. The minimum atomic E-state index is -0.466. The third-order valence-corrected chi connectivity index (χ3v) is 6.34. The summed E-state index contributed by atoms with van der Waals surface area (Å²) in [5, 5.41) is 2.82. The van der Waals surface area contributed by atoms with Gasteiger partial charge in [-0.1, -0.05) is 18.2 Å². The fourth-order valence-electron chi connectivity index (χ4n) is 4.52. The number of nitrogens with one attached hydrogen (secondary N) is 3. The van der Waals surface area contributed by atoms with Gasteiger partial charge in [0.05, 0.1) is 12.5 Å². The molecule has 2 amide bonds. The van der Waals surface area contributed by atoms with Crippen LogP contribution in [0.1, 0.15) is 67.4 Å². The van der Waals surface area contributed by atoms with Crippen LogP contribution in [-0.4, -0.2) is 41.3 Å². The zero-order valence-electron chi connectivity index (χ0n) is 18.3. The highest BCUT2D eigenvalue weighted by molar-refractivity contribution is 5.79. The van der Waals surface area contributed by atoms with Gasteiger partial charge >= 0.3 is 0 Å². The van der Waals surface area contributed by atoms with Gasteiger partial charge in [0.25, 0.3) is 0 Å². The second-order valence-electron chi connectivity index (χ2n) is 8.59. The maximum absolute atomic E-state index is 13.3. The van der Waals surface area contributed by atoms with Crippen LogP contribution in [0, 0.1) is 5.82 Å². The summed E-state index contributed by atoms with van der Waals surface area (Å²) in [4.78, 5) is 31.1. The van der Waals surface area contributed by atoms with Crippen molar-refractivity contribution < 1.29 is 14.0 Å². The third-order valence-electron chi connectivity index (χ3n) is 6.34. The van der Waals surface area contributed by atoms with Crippen molar-refractivity contribution in [3.8, 4) is 0 Å². The lowest BCUT2D eigenvalue weighted by molar-refractivity contribution is -0.133. The molecular weight excluding hydrogens is 409 g/mol. The van der Waals surface area contributed by atoms with Gasteiger partial charge in [-0.2, -0.15) is 0 Å². The second kappa shape index (κ2) is 10.2. The van der Waals surface area contributed by atoms with Crippen molar-refractivity contribution in [2.24, 2.45) is 0 Å². The topological polar surface area (TPSA) is 86.4 Å². The summed E-state index contributed by atoms with van der Waals surface area (Å²) in [5.74, 6) is -0.230. The number of nitrogens with zero attached hydrogens (tertiary/aromatic N) is 2. The van der Waals surface area contributed by atoms with E-state index < -0.39 is 6.04 Å². The molecule has 2 saturated heterocycles. The van der Waals surface area contributed by atoms with E-state index in [-0.39, 0.29) is 24.1 Å². The van der Waals surface area contributed by atoms with Crippen molar-refractivity contribution in [3.63, 3.8) is 0 Å². The average Bonchev–Trinajstić information content (AvgIpc) is 3.34. The number of hydrogen-bond donors (Lipinski definition) is 3. The van der Waals surface area contributed by atoms with Crippen LogP contribution in [0.25, 0.3) is 0 Å². The van der Waals surface area contributed by atoms with Gasteiger partial charge in [-0.05, 0) is 48.6 Å². The molecule has 1 aromatic heterocycles. The van der Waals surface area contributed by atoms with Crippen LogP contribution < -0.4 is 16.2 Å². The van der Waals surface area contributed by atoms with E-state index in [0.717, 1.165) is 37.1 Å². The summed E-state index contributed by atoms with van der Waals surface area (Å²) in [6.07, 6.45) is 4.90. The molecule has 0 spiro atoms. The molecule has 2 aliphatic rings. The molecule has 4 rings (SSSR count). The molecule has 2 fully saturated rings. The predicted octanol–water partition coefficient (Wildman–Crippen LogP) is 2.73. The van der Waals surface area contributed by atoms with Crippen molar-refractivity contribution >= 4 is 11.8 Å². The minimum Gasteiger partial charge on any atom is -0.349 e. The first-order chi connectivity index (χ1) is 15.5. The Morgan fingerprint density at radius 2 is 1.91 bits per heavy atom. The zero-order chi connectivity index (χ0) is 22.5. The van der Waals surface area contributed by atoms with Gasteiger partial charge in [0.1, 0.15) is 5.82 Å². The Morgan fingerprint density at radius 3 is 2.50 bits per heavy atom. The number of carbonyl (C=O) groups excluding carboxylic acids is 2. The highest BCUT2D eigenvalue weighted by Gasteiger charge is 2.27. The van der Waals surface area contributed by atoms with E-state index >= 15 is 0 Å². The molecule has 0 radical (unpaired) electrons. The van der Waals surface area contributed by atoms with Gasteiger partial charge in [-0.15, -0.1) is 0 Å². The van der Waals surface area contributed by atoms with Gasteiger partial charge in [-0.3, -0.25) is 25.4 Å². The van der Waals surface area contributed by atoms with E-state index in [0.29, 0.717) is 25.0 Å². The normalized spacial score (nSPS) is 20.2. The Morgan fingerprint density at radius 1 is 1.16 bits per heavy atom. The van der Waals surface area contributed by atoms with Crippen molar-refractivity contribution in [1.29, 1.82) is 0 Å². The molecule has 0 aliphatic carbocycles. The van der Waals surface area contributed by atoms with Crippen LogP contribution >= 0.6 is 0 Å². The van der Waals surface area contributed by atoms with E-state index in [1.54, 1.807) is 12.1 Å². The quantitative estimate of drug-likeness (QED) is 0.644. The summed E-state index contributed by atoms with van der Waals surface area (Å²) in [6.45, 7) is 3.71. The Balaban J connectivity index is 1.33. The molecule has 32 heavy (non-hydrogen) atoms. The lowest BCUT2D eigenvalue weighted by atomic mass is 9.92. The van der Waals surface area contributed by atoms with Crippen molar-refractivity contribution in [2.45, 2.75) is 50.6 Å². The first-order valence-electron chi connectivity index (χ1n) is 11.2. The third kappa shape index (κ3) is 5.49. The molecule has 1 aromatic carbocycles. The molecule has 7 nitrogen and oxygen atoms in total. The Hall–Kier alpha value is -2.84. The van der Waals surface area contributed by atoms with E-state index in [4.69, 9.17) is 4.98 Å². The highest BCUT2D eigenvalue weighted by atomic mass is 19.1. The molecule has 2 aliphatic heterocycles. The number of rotatable bonds is 6. The van der Waals surface area contributed by atoms with Crippen molar-refractivity contribution in [3.05, 3.63) is 65.2 Å². The number of likely N-dealkylation sites (tertiary alicyclic amines) is 1. The summed E-state index contributed by atoms with van der Waals surface area (Å²) in [7, 11) is 0. The van der Waals surface area contributed by atoms with Crippen LogP contribution in [0.2, 0.25) is 0 Å². The van der Waals surface area contributed by atoms with Crippen LogP contribution in [0.5, 0.6) is 0 Å². The lowest BCUT2D eigenvalue weighted by Gasteiger charge is -2.33. The fourth-order valence-corrected chi connectivity index (χ4v) is 4.52. The molecular formula is C24H30FN5O2. The van der Waals surface area contributed by atoms with E-state index in [1.165, 1.54) is 24.6 Å². The first kappa shape index (κ1) is 22.4. The summed E-state index contributed by atoms with van der Waals surface area (Å²) in [5.41, 5.74) is 9.39. The number of amides is 2. The SMILES string of the molecule is CC(=O)NC(CC(=O)N1CCC(c2ccc(C3CCNN3)cn2)CC1)c1ccc(F)cc1. The van der Waals surface area contributed by atoms with Gasteiger partial charge in [-0.25, -0.2) is 4.39 Å². The predicted molar refractivity (Wildman–Crippen MR) is 119 cm³/mol. The molecule has 3 heterocycles. The Labute approximate surface area is 187 Å². The Bertz CT molecular complexity index is 920. The van der Waals surface area contributed by atoms with E-state index in [9.17, 15) is 14.0 Å². The van der Waals surface area contributed by atoms with Crippen molar-refractivity contribution in [2.75, 3.05) is 19.6 Å². The van der Waals surface area contributed by atoms with Gasteiger partial charge < -0.3 is 10.2 Å². The van der Waals surface area contributed by atoms with E-state index in [2.05, 4.69) is 28.3 Å². The molecule has 8 heteroatoms. The number of piperidine rings is 1. The Kier molecular flexibility index (Phi) is 7.12. The zero-order valence-corrected chi connectivity index (χ0v) is 18.3. The number of halogens is 1. The van der Waals surface area contributed by atoms with Crippen molar-refractivity contribution in [1.82, 2.24) is 26.1 Å². The molecule has 2 unspecified atom stereocenters. The summed E-state index contributed by atoms with van der Waals surface area (Å²) in [6, 6.07) is 10.0. The summed E-state index contributed by atoms with van der Waals surface area (Å²) < 4.78 is 13.3. The largest absolute Gasteiger partial charge is 0.349 e. The van der Waals surface area contributed by atoms with Crippen LogP contribution in [0.15, 0.2) is 42.6 Å². The van der Waals surface area contributed by atoms with Crippen LogP contribution in [0.3, 0.4) is 0 Å². The average molecular weight is 440 g/mol. The first-order valence-corrected chi connectivity index (χ1v) is 11.2. The number of hydrogen-bond acceptors (Lipinski definition) is 5. The molecule has 3 N–H and O–H groups in total. The molecule has 2 aromatic rings. The molecule has 0 bridgehead atoms. The minimum absolute atomic E-state index is 0.00496. The van der Waals surface area contributed by atoms with Gasteiger partial charge in [0, 0.05) is 50.4 Å². The lowest BCUT2D eigenvalue weighted by Crippen LogP contribution is -2.40. The summed E-state index contributed by atoms with van der Waals surface area (Å²) >= 11 is 0. The standard InChI is InChI=1S/C24H30FN5O2/c1-16(31)28-23(17-2-5-20(25)6-3-17)14-24(32)30-12-9-18(10-13-30)21-7-4-19(15-26-21)22-8-11-27-29-22/h2-7,15,18,22-23,27,29H,8-14H2,1H3,(H,28,31). The molecule has 0 saturated carbocycles. The van der Waals surface area contributed by atoms with Crippen LogP contribution in [0.4, 0.5) is 4.39 Å². The monoisotopic (exact) mass is 439 g/mol. The smallest absolute Gasteiger partial charge is 0.224 e. The molecule has 2 atom stereocenters. The molecule has 170 valence electrons. The number of pyridine rings is 1. The van der Waals surface area contributed by atoms with Gasteiger partial charge in [0.15, 0.2) is 0 Å². The number of carbonyl (C=O) groups is 2. The second-order valence-corrected chi connectivity index (χ2v) is 8.59.